The second kappa shape index (κ2) is 5.79. The minimum absolute atomic E-state index is 0.0204. The summed E-state index contributed by atoms with van der Waals surface area (Å²) in [4.78, 5) is 17.2. The topological polar surface area (TPSA) is 49.6 Å². The number of benzene rings is 2. The molecule has 0 atom stereocenters. The molecule has 1 heterocycles. The van der Waals surface area contributed by atoms with Crippen LogP contribution in [-0.4, -0.2) is 19.1 Å². The van der Waals surface area contributed by atoms with Gasteiger partial charge in [-0.2, -0.15) is 0 Å². The van der Waals surface area contributed by atoms with Gasteiger partial charge >= 0.3 is 6.03 Å². The first kappa shape index (κ1) is 14.0. The Morgan fingerprint density at radius 1 is 0.905 bits per heavy atom. The van der Waals surface area contributed by atoms with Crippen molar-refractivity contribution in [2.24, 2.45) is 5.14 Å². The summed E-state index contributed by atoms with van der Waals surface area (Å²) >= 11 is 1.21. The Labute approximate surface area is 128 Å². The average Bonchev–Trinajstić information content (AvgIpc) is 2.90. The maximum Gasteiger partial charge on any atom is 0.329 e. The fraction of sp³-hybridized carbons (Fsp3) is 0.188. The van der Waals surface area contributed by atoms with Crippen molar-refractivity contribution in [3.8, 4) is 0 Å². The highest BCUT2D eigenvalue weighted by atomic mass is 32.2. The molecule has 2 amide bonds. The Bertz CT molecular complexity index is 640. The van der Waals surface area contributed by atoms with Crippen molar-refractivity contribution in [2.75, 3.05) is 22.9 Å². The number of hydrogen-bond donors (Lipinski definition) is 1. The third-order valence-corrected chi connectivity index (χ3v) is 4.18. The Morgan fingerprint density at radius 2 is 1.38 bits per heavy atom. The largest absolute Gasteiger partial charge is 0.329 e. The van der Waals surface area contributed by atoms with Gasteiger partial charge in [0.15, 0.2) is 0 Å². The molecule has 2 N–H and O–H groups in total. The maximum absolute atomic E-state index is 12.6. The van der Waals surface area contributed by atoms with E-state index in [1.165, 1.54) is 17.5 Å². The third kappa shape index (κ3) is 2.75. The highest BCUT2D eigenvalue weighted by Gasteiger charge is 2.30. The van der Waals surface area contributed by atoms with Crippen molar-refractivity contribution in [3.05, 3.63) is 54.1 Å². The average molecular weight is 299 g/mol. The molecule has 1 aliphatic rings. The molecule has 0 radical (unpaired) electrons. The summed E-state index contributed by atoms with van der Waals surface area (Å²) < 4.78 is 0. The number of anilines is 2. The van der Waals surface area contributed by atoms with Crippen LogP contribution in [0, 0.1) is 6.92 Å². The summed E-state index contributed by atoms with van der Waals surface area (Å²) in [6, 6.07) is 15.8. The van der Waals surface area contributed by atoms with Crippen molar-refractivity contribution in [2.45, 2.75) is 11.8 Å². The highest BCUT2D eigenvalue weighted by Crippen LogP contribution is 2.26. The second-order valence-corrected chi connectivity index (χ2v) is 5.74. The third-order valence-electron chi connectivity index (χ3n) is 3.64. The van der Waals surface area contributed by atoms with Crippen LogP contribution in [0.3, 0.4) is 0 Å². The van der Waals surface area contributed by atoms with E-state index in [4.69, 9.17) is 5.14 Å². The quantitative estimate of drug-likeness (QED) is 0.884. The molecule has 1 saturated heterocycles. The summed E-state index contributed by atoms with van der Waals surface area (Å²) in [5, 5.41) is 5.52. The van der Waals surface area contributed by atoms with Gasteiger partial charge in [0, 0.05) is 29.4 Å². The number of amides is 2. The molecule has 0 aromatic heterocycles. The van der Waals surface area contributed by atoms with Crippen LogP contribution < -0.4 is 14.9 Å². The van der Waals surface area contributed by atoms with Gasteiger partial charge in [0.2, 0.25) is 0 Å². The van der Waals surface area contributed by atoms with Crippen LogP contribution in [0.5, 0.6) is 0 Å². The van der Waals surface area contributed by atoms with Gasteiger partial charge in [-0.1, -0.05) is 17.7 Å². The van der Waals surface area contributed by atoms with E-state index in [0.717, 1.165) is 16.3 Å². The standard InChI is InChI=1S/C16H17N3OS/c1-12-2-4-13(5-3-12)18-10-11-19(16(18)20)14-6-8-15(21-17)9-7-14/h2-9H,10-11,17H2,1H3. The van der Waals surface area contributed by atoms with E-state index in [9.17, 15) is 4.79 Å². The van der Waals surface area contributed by atoms with Crippen LogP contribution >= 0.6 is 11.9 Å². The van der Waals surface area contributed by atoms with Gasteiger partial charge < -0.3 is 0 Å². The molecule has 5 heteroatoms. The zero-order valence-electron chi connectivity index (χ0n) is 11.8. The molecule has 0 unspecified atom stereocenters. The lowest BCUT2D eigenvalue weighted by Crippen LogP contribution is -2.31. The maximum atomic E-state index is 12.6. The minimum atomic E-state index is 0.0204. The van der Waals surface area contributed by atoms with Crippen LogP contribution in [0.1, 0.15) is 5.56 Å². The van der Waals surface area contributed by atoms with E-state index in [2.05, 4.69) is 0 Å². The Hall–Kier alpha value is -1.98. The monoisotopic (exact) mass is 299 g/mol. The fourth-order valence-corrected chi connectivity index (χ4v) is 2.74. The van der Waals surface area contributed by atoms with Crippen LogP contribution in [-0.2, 0) is 0 Å². The van der Waals surface area contributed by atoms with Crippen molar-refractivity contribution < 1.29 is 4.79 Å². The molecule has 0 bridgehead atoms. The van der Waals surface area contributed by atoms with Crippen molar-refractivity contribution >= 4 is 29.4 Å². The summed E-state index contributed by atoms with van der Waals surface area (Å²) in [6.45, 7) is 3.44. The predicted octanol–water partition coefficient (Wildman–Crippen LogP) is 3.41. The van der Waals surface area contributed by atoms with E-state index >= 15 is 0 Å². The van der Waals surface area contributed by atoms with E-state index in [0.29, 0.717) is 13.1 Å². The Balaban J connectivity index is 1.80. The van der Waals surface area contributed by atoms with E-state index < -0.39 is 0 Å². The highest BCUT2D eigenvalue weighted by molar-refractivity contribution is 7.97. The van der Waals surface area contributed by atoms with Gasteiger partial charge in [-0.25, -0.2) is 4.79 Å². The van der Waals surface area contributed by atoms with Crippen LogP contribution in [0.4, 0.5) is 16.2 Å². The smallest absolute Gasteiger partial charge is 0.292 e. The number of urea groups is 1. The number of nitrogens with zero attached hydrogens (tertiary/aromatic N) is 2. The number of carbonyl (C=O) groups is 1. The molecule has 2 aromatic carbocycles. The summed E-state index contributed by atoms with van der Waals surface area (Å²) in [5.41, 5.74) is 3.05. The van der Waals surface area contributed by atoms with Gasteiger partial charge in [-0.05, 0) is 55.3 Å². The number of rotatable bonds is 3. The van der Waals surface area contributed by atoms with Crippen molar-refractivity contribution in [3.63, 3.8) is 0 Å². The molecular weight excluding hydrogens is 282 g/mol. The molecule has 1 fully saturated rings. The number of aryl methyl sites for hydroxylation is 1. The van der Waals surface area contributed by atoms with Crippen LogP contribution in [0.25, 0.3) is 0 Å². The van der Waals surface area contributed by atoms with E-state index in [-0.39, 0.29) is 6.03 Å². The molecule has 1 aliphatic heterocycles. The van der Waals surface area contributed by atoms with Gasteiger partial charge in [0.05, 0.1) is 0 Å². The lowest BCUT2D eigenvalue weighted by atomic mass is 10.2. The second-order valence-electron chi connectivity index (χ2n) is 5.03. The normalized spacial score (nSPS) is 14.9. The first-order valence-corrected chi connectivity index (χ1v) is 7.69. The van der Waals surface area contributed by atoms with Crippen molar-refractivity contribution in [1.82, 2.24) is 0 Å². The van der Waals surface area contributed by atoms with Gasteiger partial charge in [-0.15, -0.1) is 0 Å². The zero-order chi connectivity index (χ0) is 14.8. The number of hydrogen-bond acceptors (Lipinski definition) is 3. The molecule has 0 aliphatic carbocycles. The molecule has 108 valence electrons. The molecule has 0 spiro atoms. The fourth-order valence-electron chi connectivity index (χ4n) is 2.45. The van der Waals surface area contributed by atoms with E-state index in [1.54, 1.807) is 4.90 Å². The Kier molecular flexibility index (Phi) is 3.86. The lowest BCUT2D eigenvalue weighted by Gasteiger charge is -2.19. The van der Waals surface area contributed by atoms with E-state index in [1.807, 2.05) is 60.4 Å². The van der Waals surface area contributed by atoms with Crippen molar-refractivity contribution in [1.29, 1.82) is 0 Å². The predicted molar refractivity (Wildman–Crippen MR) is 87.8 cm³/mol. The molecule has 0 saturated carbocycles. The summed E-state index contributed by atoms with van der Waals surface area (Å²) in [7, 11) is 0. The SMILES string of the molecule is Cc1ccc(N2CCN(c3ccc(SN)cc3)C2=O)cc1. The molecule has 4 nitrogen and oxygen atoms in total. The first-order chi connectivity index (χ1) is 10.2. The zero-order valence-corrected chi connectivity index (χ0v) is 12.6. The summed E-state index contributed by atoms with van der Waals surface area (Å²) in [5.74, 6) is 0. The van der Waals surface area contributed by atoms with Gasteiger partial charge in [0.25, 0.3) is 0 Å². The Morgan fingerprint density at radius 3 is 1.86 bits per heavy atom. The minimum Gasteiger partial charge on any atom is -0.292 e. The summed E-state index contributed by atoms with van der Waals surface area (Å²) in [6.07, 6.45) is 0. The molecular formula is C16H17N3OS. The first-order valence-electron chi connectivity index (χ1n) is 6.81. The number of carbonyl (C=O) groups excluding carboxylic acids is 1. The van der Waals surface area contributed by atoms with Crippen LogP contribution in [0.2, 0.25) is 0 Å². The van der Waals surface area contributed by atoms with Gasteiger partial charge in [-0.3, -0.25) is 14.9 Å². The van der Waals surface area contributed by atoms with Gasteiger partial charge in [0.1, 0.15) is 0 Å². The lowest BCUT2D eigenvalue weighted by molar-refractivity contribution is 0.256. The molecule has 3 rings (SSSR count). The molecule has 21 heavy (non-hydrogen) atoms. The number of nitrogens with two attached hydrogens (primary N) is 1. The molecule has 2 aromatic rings. The van der Waals surface area contributed by atoms with Crippen LogP contribution in [0.15, 0.2) is 53.4 Å².